The molecule has 1 spiro atoms. The summed E-state index contributed by atoms with van der Waals surface area (Å²) >= 11 is 0. The highest BCUT2D eigenvalue weighted by Crippen LogP contribution is 2.59. The highest BCUT2D eigenvalue weighted by molar-refractivity contribution is 5.99. The van der Waals surface area contributed by atoms with Crippen LogP contribution >= 0.6 is 0 Å². The number of fused-ring (bicyclic) bond motifs is 1. The molecule has 3 saturated heterocycles. The van der Waals surface area contributed by atoms with Gasteiger partial charge in [-0.15, -0.1) is 13.2 Å². The van der Waals surface area contributed by atoms with Crippen LogP contribution in [0.5, 0.6) is 0 Å². The van der Waals surface area contributed by atoms with Gasteiger partial charge in [-0.3, -0.25) is 14.4 Å². The molecule has 0 aromatic carbocycles. The molecule has 0 radical (unpaired) electrons. The van der Waals surface area contributed by atoms with E-state index in [0.717, 1.165) is 32.1 Å². The molecule has 4 aliphatic rings. The maximum absolute atomic E-state index is 14.4. The summed E-state index contributed by atoms with van der Waals surface area (Å²) in [7, 11) is 0. The Balaban J connectivity index is 1.73. The minimum atomic E-state index is -1.04. The van der Waals surface area contributed by atoms with Crippen LogP contribution in [-0.2, 0) is 19.1 Å². The van der Waals surface area contributed by atoms with Crippen molar-refractivity contribution in [2.24, 2.45) is 11.8 Å². The summed E-state index contributed by atoms with van der Waals surface area (Å²) < 4.78 is 6.58. The first-order valence-electron chi connectivity index (χ1n) is 13.8. The predicted molar refractivity (Wildman–Crippen MR) is 137 cm³/mol. The number of aliphatic hydroxyl groups excluding tert-OH is 1. The van der Waals surface area contributed by atoms with Gasteiger partial charge in [-0.1, -0.05) is 38.3 Å². The van der Waals surface area contributed by atoms with E-state index >= 15 is 0 Å². The molecule has 3 aliphatic heterocycles. The Labute approximate surface area is 215 Å². The van der Waals surface area contributed by atoms with Crippen LogP contribution in [0.15, 0.2) is 25.3 Å². The molecule has 1 N–H and O–H groups in total. The number of aliphatic hydroxyl groups is 1. The van der Waals surface area contributed by atoms with Gasteiger partial charge < -0.3 is 24.5 Å². The van der Waals surface area contributed by atoms with Crippen LogP contribution in [0.25, 0.3) is 0 Å². The predicted octanol–water partition coefficient (Wildman–Crippen LogP) is 2.51. The van der Waals surface area contributed by atoms with Crippen LogP contribution in [0.1, 0.15) is 65.2 Å². The summed E-state index contributed by atoms with van der Waals surface area (Å²) in [6.07, 6.45) is 10.3. The number of ether oxygens (including phenoxy) is 1. The molecule has 4 fully saturated rings. The lowest BCUT2D eigenvalue weighted by Crippen LogP contribution is -2.60. The second-order valence-corrected chi connectivity index (χ2v) is 11.0. The van der Waals surface area contributed by atoms with Crippen molar-refractivity contribution in [1.82, 2.24) is 14.7 Å². The number of hydrogen-bond donors (Lipinski definition) is 1. The Morgan fingerprint density at radius 2 is 1.86 bits per heavy atom. The van der Waals surface area contributed by atoms with Gasteiger partial charge in [-0.25, -0.2) is 0 Å². The number of likely N-dealkylation sites (tertiary alicyclic amines) is 1. The van der Waals surface area contributed by atoms with Gasteiger partial charge in [0.05, 0.1) is 30.6 Å². The first-order valence-corrected chi connectivity index (χ1v) is 13.8. The summed E-state index contributed by atoms with van der Waals surface area (Å²) in [6.45, 7) is 12.6. The molecule has 1 aliphatic carbocycles. The lowest BCUT2D eigenvalue weighted by Gasteiger charge is -2.41. The molecular weight excluding hydrogens is 458 g/mol. The van der Waals surface area contributed by atoms with Crippen LogP contribution < -0.4 is 0 Å². The summed E-state index contributed by atoms with van der Waals surface area (Å²) in [5.41, 5.74) is -1.04. The average Bonchev–Trinajstić information content (AvgIpc) is 3.53. The first kappa shape index (κ1) is 26.9. The Hall–Kier alpha value is -2.19. The van der Waals surface area contributed by atoms with E-state index in [4.69, 9.17) is 4.74 Å². The van der Waals surface area contributed by atoms with Gasteiger partial charge in [0.15, 0.2) is 0 Å². The van der Waals surface area contributed by atoms with Crippen molar-refractivity contribution in [1.29, 1.82) is 0 Å². The number of amides is 3. The van der Waals surface area contributed by atoms with Crippen LogP contribution in [0.3, 0.4) is 0 Å². The molecule has 2 bridgehead atoms. The molecule has 6 atom stereocenters. The third kappa shape index (κ3) is 4.30. The van der Waals surface area contributed by atoms with E-state index in [2.05, 4.69) is 13.2 Å². The third-order valence-corrected chi connectivity index (χ3v) is 8.78. The van der Waals surface area contributed by atoms with E-state index in [-0.39, 0.29) is 36.5 Å². The van der Waals surface area contributed by atoms with Crippen molar-refractivity contribution in [2.75, 3.05) is 26.2 Å². The number of rotatable bonds is 11. The highest BCUT2D eigenvalue weighted by atomic mass is 16.5. The van der Waals surface area contributed by atoms with Gasteiger partial charge in [0.2, 0.25) is 17.7 Å². The van der Waals surface area contributed by atoms with E-state index in [1.807, 2.05) is 11.8 Å². The Kier molecular flexibility index (Phi) is 8.25. The molecule has 3 amide bonds. The number of carbonyl (C=O) groups is 3. The Morgan fingerprint density at radius 3 is 2.47 bits per heavy atom. The Bertz CT molecular complexity index is 871. The molecule has 1 saturated carbocycles. The van der Waals surface area contributed by atoms with E-state index in [0.29, 0.717) is 32.5 Å². The lowest BCUT2D eigenvalue weighted by molar-refractivity contribution is -0.153. The second kappa shape index (κ2) is 11.1. The van der Waals surface area contributed by atoms with E-state index in [1.54, 1.807) is 28.9 Å². The van der Waals surface area contributed by atoms with Gasteiger partial charge in [0.25, 0.3) is 0 Å². The molecule has 36 heavy (non-hydrogen) atoms. The van der Waals surface area contributed by atoms with Crippen LogP contribution in [-0.4, -0.2) is 93.6 Å². The van der Waals surface area contributed by atoms with Crippen molar-refractivity contribution in [3.63, 3.8) is 0 Å². The van der Waals surface area contributed by atoms with Gasteiger partial charge in [0, 0.05) is 25.7 Å². The van der Waals surface area contributed by atoms with Crippen molar-refractivity contribution in [2.45, 2.75) is 95.0 Å². The standard InChI is InChI=1S/C28H43N3O5/c1-5-15-29(16-6-2)25(33)22-21-13-14-28(36-21)23(22)26(34)31(19(4)18-32)24(28)27(35)30(17-7-3)20-11-9-8-10-12-20/h5,7,19-24,32H,1,3,6,8-18H2,2,4H3/t19-,21+,22-,23+,24?,28?/m1/s1. The third-order valence-electron chi connectivity index (χ3n) is 8.78. The number of carbonyl (C=O) groups excluding carboxylic acids is 3. The molecule has 8 nitrogen and oxygen atoms in total. The summed E-state index contributed by atoms with van der Waals surface area (Å²) in [4.78, 5) is 47.4. The quantitative estimate of drug-likeness (QED) is 0.440. The minimum absolute atomic E-state index is 0.0957. The summed E-state index contributed by atoms with van der Waals surface area (Å²) in [5.74, 6) is -1.81. The average molecular weight is 502 g/mol. The monoisotopic (exact) mass is 501 g/mol. The highest BCUT2D eigenvalue weighted by Gasteiger charge is 2.75. The zero-order chi connectivity index (χ0) is 26.0. The molecule has 0 aromatic heterocycles. The number of nitrogens with zero attached hydrogens (tertiary/aromatic N) is 3. The SMILES string of the molecule is C=CCN(CCC)C(=O)[C@@H]1[C@@H]2CCC3(O2)C(C(=O)N(CC=C)C2CCCCC2)N([C@H](C)CO)C(=O)[C@H]13. The van der Waals surface area contributed by atoms with Crippen molar-refractivity contribution in [3.8, 4) is 0 Å². The fourth-order valence-corrected chi connectivity index (χ4v) is 7.25. The van der Waals surface area contributed by atoms with Crippen molar-refractivity contribution >= 4 is 17.7 Å². The van der Waals surface area contributed by atoms with Gasteiger partial charge >= 0.3 is 0 Å². The molecular formula is C28H43N3O5. The van der Waals surface area contributed by atoms with Crippen LogP contribution in [0.4, 0.5) is 0 Å². The van der Waals surface area contributed by atoms with Crippen LogP contribution in [0, 0.1) is 11.8 Å². The zero-order valence-corrected chi connectivity index (χ0v) is 21.9. The maximum atomic E-state index is 14.4. The molecule has 200 valence electrons. The Morgan fingerprint density at radius 1 is 1.17 bits per heavy atom. The van der Waals surface area contributed by atoms with Gasteiger partial charge in [-0.2, -0.15) is 0 Å². The first-order chi connectivity index (χ1) is 17.4. The lowest BCUT2D eigenvalue weighted by atomic mass is 9.70. The maximum Gasteiger partial charge on any atom is 0.248 e. The van der Waals surface area contributed by atoms with E-state index < -0.39 is 29.5 Å². The van der Waals surface area contributed by atoms with Crippen molar-refractivity contribution < 1.29 is 24.2 Å². The normalized spacial score (nSPS) is 32.3. The van der Waals surface area contributed by atoms with Crippen LogP contribution in [0.2, 0.25) is 0 Å². The molecule has 0 aromatic rings. The molecule has 8 heteroatoms. The van der Waals surface area contributed by atoms with Crippen molar-refractivity contribution in [3.05, 3.63) is 25.3 Å². The molecule has 3 heterocycles. The topological polar surface area (TPSA) is 90.4 Å². The minimum Gasteiger partial charge on any atom is -0.394 e. The fraction of sp³-hybridized carbons (Fsp3) is 0.750. The summed E-state index contributed by atoms with van der Waals surface area (Å²) in [6, 6.07) is -1.30. The zero-order valence-electron chi connectivity index (χ0n) is 21.9. The fourth-order valence-electron chi connectivity index (χ4n) is 7.25. The van der Waals surface area contributed by atoms with E-state index in [1.165, 1.54) is 6.42 Å². The second-order valence-electron chi connectivity index (χ2n) is 11.0. The number of hydrogen-bond acceptors (Lipinski definition) is 5. The molecule has 4 rings (SSSR count). The van der Waals surface area contributed by atoms with E-state index in [9.17, 15) is 19.5 Å². The van der Waals surface area contributed by atoms with Gasteiger partial charge in [-0.05, 0) is 39.0 Å². The largest absolute Gasteiger partial charge is 0.394 e. The van der Waals surface area contributed by atoms with Gasteiger partial charge in [0.1, 0.15) is 11.6 Å². The smallest absolute Gasteiger partial charge is 0.248 e. The summed E-state index contributed by atoms with van der Waals surface area (Å²) in [5, 5.41) is 10.1. The molecule has 2 unspecified atom stereocenters.